The SMILES string of the molecule is Cc1ccc(CNCc2c(C(=O)O)c(C)n(Cc3cccc(C)c3)c2C)cc1. The van der Waals surface area contributed by atoms with Crippen molar-refractivity contribution in [3.05, 3.63) is 93.3 Å². The van der Waals surface area contributed by atoms with E-state index in [2.05, 4.69) is 66.2 Å². The molecule has 1 aromatic heterocycles. The number of carboxylic acid groups (broad SMARTS) is 1. The Kier molecular flexibility index (Phi) is 6.00. The van der Waals surface area contributed by atoms with Gasteiger partial charge in [0.2, 0.25) is 0 Å². The van der Waals surface area contributed by atoms with Crippen LogP contribution in [0.15, 0.2) is 48.5 Å². The fourth-order valence-electron chi connectivity index (χ4n) is 3.72. The van der Waals surface area contributed by atoms with Crippen molar-refractivity contribution >= 4 is 5.97 Å². The maximum absolute atomic E-state index is 11.9. The van der Waals surface area contributed by atoms with Crippen molar-refractivity contribution in [1.82, 2.24) is 9.88 Å². The highest BCUT2D eigenvalue weighted by molar-refractivity contribution is 5.91. The Morgan fingerprint density at radius 1 is 0.893 bits per heavy atom. The second kappa shape index (κ2) is 8.44. The molecule has 0 spiro atoms. The third kappa shape index (κ3) is 4.34. The van der Waals surface area contributed by atoms with Crippen LogP contribution in [0.5, 0.6) is 0 Å². The molecule has 0 aliphatic rings. The Bertz CT molecular complexity index is 985. The summed E-state index contributed by atoms with van der Waals surface area (Å²) < 4.78 is 2.11. The molecule has 0 unspecified atom stereocenters. The van der Waals surface area contributed by atoms with Gasteiger partial charge in [-0.1, -0.05) is 59.7 Å². The summed E-state index contributed by atoms with van der Waals surface area (Å²) in [5.74, 6) is -0.865. The largest absolute Gasteiger partial charge is 0.478 e. The normalized spacial score (nSPS) is 11.0. The van der Waals surface area contributed by atoms with Gasteiger partial charge < -0.3 is 15.0 Å². The molecule has 0 saturated heterocycles. The maximum atomic E-state index is 11.9. The van der Waals surface area contributed by atoms with Gasteiger partial charge in [0, 0.05) is 36.6 Å². The number of aryl methyl sites for hydroxylation is 2. The fourth-order valence-corrected chi connectivity index (χ4v) is 3.72. The van der Waals surface area contributed by atoms with Crippen molar-refractivity contribution < 1.29 is 9.90 Å². The molecule has 2 N–H and O–H groups in total. The van der Waals surface area contributed by atoms with E-state index in [1.807, 2.05) is 19.9 Å². The molecule has 0 radical (unpaired) electrons. The smallest absolute Gasteiger partial charge is 0.337 e. The van der Waals surface area contributed by atoms with Gasteiger partial charge in [0.25, 0.3) is 0 Å². The van der Waals surface area contributed by atoms with Crippen LogP contribution in [0, 0.1) is 27.7 Å². The lowest BCUT2D eigenvalue weighted by Gasteiger charge is -2.11. The lowest BCUT2D eigenvalue weighted by atomic mass is 10.1. The van der Waals surface area contributed by atoms with Gasteiger partial charge in [0.15, 0.2) is 0 Å². The first kappa shape index (κ1) is 19.9. The Hall–Kier alpha value is -2.85. The van der Waals surface area contributed by atoms with Crippen LogP contribution < -0.4 is 5.32 Å². The molecule has 0 aliphatic heterocycles. The third-order valence-electron chi connectivity index (χ3n) is 5.30. The topological polar surface area (TPSA) is 54.3 Å². The van der Waals surface area contributed by atoms with Crippen molar-refractivity contribution in [3.8, 4) is 0 Å². The van der Waals surface area contributed by atoms with Crippen LogP contribution in [0.25, 0.3) is 0 Å². The van der Waals surface area contributed by atoms with E-state index in [1.165, 1.54) is 22.3 Å². The van der Waals surface area contributed by atoms with Gasteiger partial charge in [0.1, 0.15) is 0 Å². The molecule has 0 atom stereocenters. The van der Waals surface area contributed by atoms with Gasteiger partial charge in [-0.2, -0.15) is 0 Å². The van der Waals surface area contributed by atoms with Crippen molar-refractivity contribution in [2.45, 2.75) is 47.3 Å². The Morgan fingerprint density at radius 3 is 2.25 bits per heavy atom. The van der Waals surface area contributed by atoms with E-state index in [9.17, 15) is 9.90 Å². The van der Waals surface area contributed by atoms with Crippen LogP contribution in [0.1, 0.15) is 49.6 Å². The van der Waals surface area contributed by atoms with Gasteiger partial charge in [-0.15, -0.1) is 0 Å². The maximum Gasteiger partial charge on any atom is 0.337 e. The van der Waals surface area contributed by atoms with Crippen molar-refractivity contribution in [2.24, 2.45) is 0 Å². The first-order valence-corrected chi connectivity index (χ1v) is 9.60. The number of carboxylic acids is 1. The minimum atomic E-state index is -0.865. The number of carbonyl (C=O) groups is 1. The zero-order valence-electron chi connectivity index (χ0n) is 17.0. The minimum absolute atomic E-state index is 0.418. The van der Waals surface area contributed by atoms with Crippen LogP contribution >= 0.6 is 0 Å². The summed E-state index contributed by atoms with van der Waals surface area (Å²) in [6, 6.07) is 16.7. The number of benzene rings is 2. The molecule has 3 rings (SSSR count). The molecule has 3 aromatic rings. The van der Waals surface area contributed by atoms with E-state index in [4.69, 9.17) is 0 Å². The highest BCUT2D eigenvalue weighted by atomic mass is 16.4. The van der Waals surface area contributed by atoms with Crippen molar-refractivity contribution in [2.75, 3.05) is 0 Å². The third-order valence-corrected chi connectivity index (χ3v) is 5.30. The van der Waals surface area contributed by atoms with Crippen LogP contribution in [0.4, 0.5) is 0 Å². The molecule has 0 amide bonds. The number of nitrogens with zero attached hydrogens (tertiary/aromatic N) is 1. The van der Waals surface area contributed by atoms with E-state index >= 15 is 0 Å². The molecule has 0 bridgehead atoms. The molecule has 28 heavy (non-hydrogen) atoms. The Morgan fingerprint density at radius 2 is 1.61 bits per heavy atom. The average Bonchev–Trinajstić information content (AvgIpc) is 2.88. The lowest BCUT2D eigenvalue weighted by molar-refractivity contribution is 0.0694. The molecule has 4 heteroatoms. The van der Waals surface area contributed by atoms with Crippen LogP contribution in [-0.4, -0.2) is 15.6 Å². The summed E-state index contributed by atoms with van der Waals surface area (Å²) in [4.78, 5) is 11.9. The summed E-state index contributed by atoms with van der Waals surface area (Å²) in [7, 11) is 0. The quantitative estimate of drug-likeness (QED) is 0.625. The van der Waals surface area contributed by atoms with E-state index in [1.54, 1.807) is 0 Å². The zero-order valence-corrected chi connectivity index (χ0v) is 17.0. The van der Waals surface area contributed by atoms with Crippen molar-refractivity contribution in [3.63, 3.8) is 0 Å². The summed E-state index contributed by atoms with van der Waals surface area (Å²) in [6.07, 6.45) is 0. The standard InChI is InChI=1S/C24H28N2O2/c1-16-8-10-20(11-9-16)13-25-14-22-18(3)26(19(4)23(22)24(27)28)15-21-7-5-6-17(2)12-21/h5-12,25H,13-15H2,1-4H3,(H,27,28). The summed E-state index contributed by atoms with van der Waals surface area (Å²) in [5, 5.41) is 13.2. The van der Waals surface area contributed by atoms with E-state index < -0.39 is 5.97 Å². The van der Waals surface area contributed by atoms with Crippen LogP contribution in [0.3, 0.4) is 0 Å². The molecule has 2 aromatic carbocycles. The van der Waals surface area contributed by atoms with Crippen LogP contribution in [0.2, 0.25) is 0 Å². The molecular formula is C24H28N2O2. The van der Waals surface area contributed by atoms with E-state index in [0.29, 0.717) is 25.2 Å². The fraction of sp³-hybridized carbons (Fsp3) is 0.292. The molecule has 0 saturated carbocycles. The molecule has 4 nitrogen and oxygen atoms in total. The second-order valence-corrected chi connectivity index (χ2v) is 7.49. The minimum Gasteiger partial charge on any atom is -0.478 e. The second-order valence-electron chi connectivity index (χ2n) is 7.49. The summed E-state index contributed by atoms with van der Waals surface area (Å²) in [6.45, 7) is 9.97. The van der Waals surface area contributed by atoms with Gasteiger partial charge in [-0.3, -0.25) is 0 Å². The first-order chi connectivity index (χ1) is 13.4. The van der Waals surface area contributed by atoms with Crippen molar-refractivity contribution in [1.29, 1.82) is 0 Å². The van der Waals surface area contributed by atoms with E-state index in [-0.39, 0.29) is 0 Å². The summed E-state index contributed by atoms with van der Waals surface area (Å²) >= 11 is 0. The molecule has 146 valence electrons. The highest BCUT2D eigenvalue weighted by Gasteiger charge is 2.22. The van der Waals surface area contributed by atoms with Gasteiger partial charge >= 0.3 is 5.97 Å². The van der Waals surface area contributed by atoms with Gasteiger partial charge in [-0.25, -0.2) is 4.79 Å². The number of nitrogens with one attached hydrogen (secondary N) is 1. The number of aromatic nitrogens is 1. The molecule has 0 aliphatic carbocycles. The number of hydrogen-bond donors (Lipinski definition) is 2. The van der Waals surface area contributed by atoms with E-state index in [0.717, 1.165) is 17.0 Å². The monoisotopic (exact) mass is 376 g/mol. The molecule has 0 fully saturated rings. The van der Waals surface area contributed by atoms with Gasteiger partial charge in [-0.05, 0) is 38.8 Å². The Labute approximate surface area is 166 Å². The lowest BCUT2D eigenvalue weighted by Crippen LogP contribution is -2.15. The predicted octanol–water partition coefficient (Wildman–Crippen LogP) is 4.76. The zero-order chi connectivity index (χ0) is 20.3. The number of aromatic carboxylic acids is 1. The number of hydrogen-bond acceptors (Lipinski definition) is 2. The van der Waals surface area contributed by atoms with Crippen LogP contribution in [-0.2, 0) is 19.6 Å². The summed E-state index contributed by atoms with van der Waals surface area (Å²) in [5.41, 5.74) is 7.90. The first-order valence-electron chi connectivity index (χ1n) is 9.60. The Balaban J connectivity index is 1.83. The van der Waals surface area contributed by atoms with Gasteiger partial charge in [0.05, 0.1) is 5.56 Å². The highest BCUT2D eigenvalue weighted by Crippen LogP contribution is 2.24. The average molecular weight is 377 g/mol. The predicted molar refractivity (Wildman–Crippen MR) is 113 cm³/mol. The molecular weight excluding hydrogens is 348 g/mol. The molecule has 1 heterocycles. The number of rotatable bonds is 7.